The summed E-state index contributed by atoms with van der Waals surface area (Å²) in [6.45, 7) is 3.37. The first-order chi connectivity index (χ1) is 12.9. The molecule has 146 valence electrons. The molecule has 1 amide bonds. The molecule has 0 unspecified atom stereocenters. The standard InChI is InChI=1S/C20H27N3O3S/c1-17-9-11-19(12-10-17)27(25,26)23(18-7-4-3-5-8-18)16-13-20(24)22-15-6-14-21-2/h3-5,7-12,21H,6,13-16H2,1-2H3,(H,22,24). The van der Waals surface area contributed by atoms with Gasteiger partial charge in [-0.25, -0.2) is 8.42 Å². The van der Waals surface area contributed by atoms with Crippen LogP contribution in [-0.2, 0) is 14.8 Å². The third-order valence-electron chi connectivity index (χ3n) is 4.12. The molecule has 2 aromatic carbocycles. The fourth-order valence-electron chi connectivity index (χ4n) is 2.60. The first-order valence-electron chi connectivity index (χ1n) is 9.01. The van der Waals surface area contributed by atoms with Crippen molar-refractivity contribution in [2.24, 2.45) is 0 Å². The number of carbonyl (C=O) groups excluding carboxylic acids is 1. The average Bonchev–Trinajstić information content (AvgIpc) is 2.66. The van der Waals surface area contributed by atoms with E-state index in [2.05, 4.69) is 10.6 Å². The van der Waals surface area contributed by atoms with Crippen LogP contribution in [0.3, 0.4) is 0 Å². The molecule has 6 nitrogen and oxygen atoms in total. The van der Waals surface area contributed by atoms with Gasteiger partial charge in [0, 0.05) is 19.5 Å². The van der Waals surface area contributed by atoms with Crippen molar-refractivity contribution in [2.45, 2.75) is 24.7 Å². The minimum absolute atomic E-state index is 0.0814. The number of para-hydroxylation sites is 1. The van der Waals surface area contributed by atoms with E-state index in [1.807, 2.05) is 20.0 Å². The summed E-state index contributed by atoms with van der Waals surface area (Å²) in [5.41, 5.74) is 1.53. The second-order valence-electron chi connectivity index (χ2n) is 6.28. The molecule has 0 aliphatic heterocycles. The molecule has 0 saturated carbocycles. The molecular formula is C20H27N3O3S. The summed E-state index contributed by atoms with van der Waals surface area (Å²) in [6, 6.07) is 15.6. The molecule has 27 heavy (non-hydrogen) atoms. The predicted octanol–water partition coefficient (Wildman–Crippen LogP) is 2.31. The predicted molar refractivity (Wildman–Crippen MR) is 108 cm³/mol. The highest BCUT2D eigenvalue weighted by molar-refractivity contribution is 7.92. The molecule has 7 heteroatoms. The first kappa shape index (κ1) is 20.9. The molecule has 0 fully saturated rings. The zero-order chi connectivity index (χ0) is 19.7. The van der Waals surface area contributed by atoms with Gasteiger partial charge in [-0.05, 0) is 51.2 Å². The Labute approximate surface area is 161 Å². The Balaban J connectivity index is 2.15. The van der Waals surface area contributed by atoms with Gasteiger partial charge in [0.1, 0.15) is 0 Å². The molecule has 0 bridgehead atoms. The number of aryl methyl sites for hydroxylation is 1. The van der Waals surface area contributed by atoms with E-state index >= 15 is 0 Å². The highest BCUT2D eigenvalue weighted by Crippen LogP contribution is 2.24. The third kappa shape index (κ3) is 6.08. The van der Waals surface area contributed by atoms with Gasteiger partial charge in [0.25, 0.3) is 10.0 Å². The lowest BCUT2D eigenvalue weighted by Crippen LogP contribution is -2.35. The topological polar surface area (TPSA) is 78.5 Å². The Morgan fingerprint density at radius 1 is 1.00 bits per heavy atom. The van der Waals surface area contributed by atoms with Crippen LogP contribution in [0.15, 0.2) is 59.5 Å². The van der Waals surface area contributed by atoms with Crippen LogP contribution in [0.4, 0.5) is 5.69 Å². The van der Waals surface area contributed by atoms with Crippen LogP contribution in [0.2, 0.25) is 0 Å². The number of hydrogen-bond acceptors (Lipinski definition) is 4. The number of nitrogens with one attached hydrogen (secondary N) is 2. The van der Waals surface area contributed by atoms with Crippen LogP contribution in [0.1, 0.15) is 18.4 Å². The summed E-state index contributed by atoms with van der Waals surface area (Å²) >= 11 is 0. The summed E-state index contributed by atoms with van der Waals surface area (Å²) in [5, 5.41) is 5.84. The average molecular weight is 390 g/mol. The molecule has 0 aromatic heterocycles. The maximum atomic E-state index is 13.1. The minimum Gasteiger partial charge on any atom is -0.356 e. The smallest absolute Gasteiger partial charge is 0.264 e. The Morgan fingerprint density at radius 3 is 2.30 bits per heavy atom. The highest BCUT2D eigenvalue weighted by atomic mass is 32.2. The van der Waals surface area contributed by atoms with Crippen molar-refractivity contribution >= 4 is 21.6 Å². The van der Waals surface area contributed by atoms with Crippen LogP contribution >= 0.6 is 0 Å². The number of hydrogen-bond donors (Lipinski definition) is 2. The minimum atomic E-state index is -3.75. The molecule has 0 saturated heterocycles. The van der Waals surface area contributed by atoms with Crippen LogP contribution in [0.5, 0.6) is 0 Å². The summed E-state index contributed by atoms with van der Waals surface area (Å²) in [5.74, 6) is -0.161. The van der Waals surface area contributed by atoms with Gasteiger partial charge in [0.05, 0.1) is 10.6 Å². The molecule has 0 aliphatic carbocycles. The molecule has 2 N–H and O–H groups in total. The van der Waals surface area contributed by atoms with Crippen molar-refractivity contribution in [1.29, 1.82) is 0 Å². The number of benzene rings is 2. The van der Waals surface area contributed by atoms with Crippen molar-refractivity contribution in [3.05, 3.63) is 60.2 Å². The Kier molecular flexibility index (Phi) is 7.82. The van der Waals surface area contributed by atoms with Crippen LogP contribution in [0.25, 0.3) is 0 Å². The van der Waals surface area contributed by atoms with Gasteiger partial charge in [-0.15, -0.1) is 0 Å². The van der Waals surface area contributed by atoms with Crippen molar-refractivity contribution in [1.82, 2.24) is 10.6 Å². The molecule has 0 atom stereocenters. The van der Waals surface area contributed by atoms with E-state index in [1.165, 1.54) is 4.31 Å². The lowest BCUT2D eigenvalue weighted by atomic mass is 10.2. The van der Waals surface area contributed by atoms with Gasteiger partial charge in [0.2, 0.25) is 5.91 Å². The van der Waals surface area contributed by atoms with Gasteiger partial charge in [0.15, 0.2) is 0 Å². The third-order valence-corrected chi connectivity index (χ3v) is 5.96. The van der Waals surface area contributed by atoms with E-state index < -0.39 is 10.0 Å². The number of anilines is 1. The van der Waals surface area contributed by atoms with E-state index in [4.69, 9.17) is 0 Å². The molecule has 0 aliphatic rings. The maximum Gasteiger partial charge on any atom is 0.264 e. The molecule has 0 spiro atoms. The highest BCUT2D eigenvalue weighted by Gasteiger charge is 2.25. The van der Waals surface area contributed by atoms with Crippen LogP contribution in [-0.4, -0.2) is 41.0 Å². The van der Waals surface area contributed by atoms with Crippen molar-refractivity contribution < 1.29 is 13.2 Å². The van der Waals surface area contributed by atoms with Crippen molar-refractivity contribution in [2.75, 3.05) is 31.0 Å². The first-order valence-corrected chi connectivity index (χ1v) is 10.4. The second-order valence-corrected chi connectivity index (χ2v) is 8.15. The van der Waals surface area contributed by atoms with Crippen molar-refractivity contribution in [3.63, 3.8) is 0 Å². The summed E-state index contributed by atoms with van der Waals surface area (Å²) in [6.07, 6.45) is 0.922. The lowest BCUT2D eigenvalue weighted by Gasteiger charge is -2.24. The summed E-state index contributed by atoms with van der Waals surface area (Å²) in [4.78, 5) is 12.3. The molecule has 0 radical (unpaired) electrons. The molecule has 2 rings (SSSR count). The molecule has 0 heterocycles. The fourth-order valence-corrected chi connectivity index (χ4v) is 4.07. The van der Waals surface area contributed by atoms with Gasteiger partial charge >= 0.3 is 0 Å². The fraction of sp³-hybridized carbons (Fsp3) is 0.350. The Bertz CT molecular complexity index is 821. The van der Waals surface area contributed by atoms with E-state index in [0.29, 0.717) is 12.2 Å². The van der Waals surface area contributed by atoms with Crippen LogP contribution in [0, 0.1) is 6.92 Å². The quantitative estimate of drug-likeness (QED) is 0.611. The van der Waals surface area contributed by atoms with Crippen LogP contribution < -0.4 is 14.9 Å². The number of sulfonamides is 1. The molecular weight excluding hydrogens is 362 g/mol. The zero-order valence-corrected chi connectivity index (χ0v) is 16.6. The van der Waals surface area contributed by atoms with E-state index in [0.717, 1.165) is 18.5 Å². The maximum absolute atomic E-state index is 13.1. The van der Waals surface area contributed by atoms with E-state index in [-0.39, 0.29) is 23.8 Å². The monoisotopic (exact) mass is 389 g/mol. The normalized spacial score (nSPS) is 11.2. The number of nitrogens with zero attached hydrogens (tertiary/aromatic N) is 1. The van der Waals surface area contributed by atoms with Crippen molar-refractivity contribution in [3.8, 4) is 0 Å². The van der Waals surface area contributed by atoms with Gasteiger partial charge in [-0.2, -0.15) is 0 Å². The zero-order valence-electron chi connectivity index (χ0n) is 15.8. The Morgan fingerprint density at radius 2 is 1.67 bits per heavy atom. The van der Waals surface area contributed by atoms with Gasteiger partial charge in [-0.3, -0.25) is 9.10 Å². The number of rotatable bonds is 10. The number of carbonyl (C=O) groups is 1. The SMILES string of the molecule is CNCCCNC(=O)CCN(c1ccccc1)S(=O)(=O)c1ccc(C)cc1. The largest absolute Gasteiger partial charge is 0.356 e. The lowest BCUT2D eigenvalue weighted by molar-refractivity contribution is -0.120. The summed E-state index contributed by atoms with van der Waals surface area (Å²) in [7, 11) is -1.90. The summed E-state index contributed by atoms with van der Waals surface area (Å²) < 4.78 is 27.6. The van der Waals surface area contributed by atoms with E-state index in [1.54, 1.807) is 48.5 Å². The number of amides is 1. The Hall–Kier alpha value is -2.38. The van der Waals surface area contributed by atoms with E-state index in [9.17, 15) is 13.2 Å². The van der Waals surface area contributed by atoms with Gasteiger partial charge < -0.3 is 10.6 Å². The molecule has 2 aromatic rings. The second kappa shape index (κ2) is 10.1. The van der Waals surface area contributed by atoms with Gasteiger partial charge in [-0.1, -0.05) is 35.9 Å².